The van der Waals surface area contributed by atoms with Gasteiger partial charge in [0.15, 0.2) is 5.96 Å². The van der Waals surface area contributed by atoms with Crippen LogP contribution in [0.25, 0.3) is 0 Å². The van der Waals surface area contributed by atoms with Crippen molar-refractivity contribution in [1.82, 2.24) is 10.6 Å². The van der Waals surface area contributed by atoms with E-state index in [0.29, 0.717) is 0 Å². The largest absolute Gasteiger partial charge is 0.356 e. The van der Waals surface area contributed by atoms with E-state index in [0.717, 1.165) is 31.2 Å². The molecule has 0 aliphatic rings. The predicted molar refractivity (Wildman–Crippen MR) is 129 cm³/mol. The average molecular weight is 415 g/mol. The van der Waals surface area contributed by atoms with Gasteiger partial charge in [-0.15, -0.1) is 0 Å². The summed E-state index contributed by atoms with van der Waals surface area (Å²) < 4.78 is 0. The van der Waals surface area contributed by atoms with Crippen LogP contribution in [0.15, 0.2) is 89.9 Å². The van der Waals surface area contributed by atoms with E-state index >= 15 is 0 Å². The minimum absolute atomic E-state index is 0.0615. The van der Waals surface area contributed by atoms with Crippen LogP contribution in [0.1, 0.15) is 29.5 Å². The Hall–Kier alpha value is -3.60. The highest BCUT2D eigenvalue weighted by Gasteiger charge is 2.14. The van der Waals surface area contributed by atoms with Crippen molar-refractivity contribution in [2.45, 2.75) is 19.3 Å². The summed E-state index contributed by atoms with van der Waals surface area (Å²) in [5.41, 5.74) is 4.56. The van der Waals surface area contributed by atoms with Crippen molar-refractivity contribution in [3.63, 3.8) is 0 Å². The minimum Gasteiger partial charge on any atom is -0.356 e. The number of benzene rings is 3. The highest BCUT2D eigenvalue weighted by molar-refractivity contribution is 5.88. The monoisotopic (exact) mass is 414 g/mol. The Balaban J connectivity index is 1.54. The molecule has 160 valence electrons. The highest BCUT2D eigenvalue weighted by atomic mass is 16.1. The summed E-state index contributed by atoms with van der Waals surface area (Å²) in [4.78, 5) is 15.5. The molecular formula is C26H30N4O. The fourth-order valence-electron chi connectivity index (χ4n) is 3.50. The highest BCUT2D eigenvalue weighted by Crippen LogP contribution is 2.23. The summed E-state index contributed by atoms with van der Waals surface area (Å²) >= 11 is 0. The molecule has 0 radical (unpaired) electrons. The van der Waals surface area contributed by atoms with Crippen molar-refractivity contribution in [2.24, 2.45) is 4.99 Å². The maximum atomic E-state index is 11.1. The molecule has 0 aliphatic carbocycles. The van der Waals surface area contributed by atoms with Crippen LogP contribution in [0.2, 0.25) is 0 Å². The van der Waals surface area contributed by atoms with Crippen LogP contribution in [0.4, 0.5) is 5.69 Å². The molecule has 5 nitrogen and oxygen atoms in total. The maximum absolute atomic E-state index is 11.1. The van der Waals surface area contributed by atoms with E-state index in [1.54, 1.807) is 7.05 Å². The van der Waals surface area contributed by atoms with Crippen molar-refractivity contribution in [2.75, 3.05) is 25.5 Å². The summed E-state index contributed by atoms with van der Waals surface area (Å²) in [6, 6.07) is 29.0. The maximum Gasteiger partial charge on any atom is 0.221 e. The number of nitrogens with zero attached hydrogens (tertiary/aromatic N) is 1. The molecule has 3 aromatic rings. The van der Waals surface area contributed by atoms with E-state index in [-0.39, 0.29) is 11.8 Å². The number of nitrogens with one attached hydrogen (secondary N) is 3. The van der Waals surface area contributed by atoms with Gasteiger partial charge in [0.25, 0.3) is 0 Å². The second kappa shape index (κ2) is 11.6. The summed E-state index contributed by atoms with van der Waals surface area (Å²) in [5, 5.41) is 9.65. The smallest absolute Gasteiger partial charge is 0.221 e. The number of aliphatic imine (C=N–C) groups is 1. The van der Waals surface area contributed by atoms with Gasteiger partial charge in [0, 0.05) is 38.7 Å². The molecule has 0 aliphatic heterocycles. The van der Waals surface area contributed by atoms with Crippen molar-refractivity contribution >= 4 is 17.6 Å². The lowest BCUT2D eigenvalue weighted by Gasteiger charge is -2.20. The zero-order chi connectivity index (χ0) is 21.9. The van der Waals surface area contributed by atoms with Gasteiger partial charge in [0.05, 0.1) is 0 Å². The van der Waals surface area contributed by atoms with Gasteiger partial charge in [0.1, 0.15) is 0 Å². The molecule has 0 heterocycles. The number of hydrogen-bond acceptors (Lipinski definition) is 2. The first-order chi connectivity index (χ1) is 15.2. The Morgan fingerprint density at radius 1 is 0.839 bits per heavy atom. The molecule has 0 spiro atoms. The second-order valence-corrected chi connectivity index (χ2v) is 7.38. The van der Waals surface area contributed by atoms with Gasteiger partial charge >= 0.3 is 0 Å². The zero-order valence-corrected chi connectivity index (χ0v) is 18.1. The molecule has 5 heteroatoms. The molecule has 0 saturated heterocycles. The third-order valence-corrected chi connectivity index (χ3v) is 5.08. The number of anilines is 1. The fraction of sp³-hybridized carbons (Fsp3) is 0.231. The van der Waals surface area contributed by atoms with Gasteiger partial charge in [-0.25, -0.2) is 0 Å². The van der Waals surface area contributed by atoms with Gasteiger partial charge in [-0.05, 0) is 35.2 Å². The van der Waals surface area contributed by atoms with E-state index in [1.165, 1.54) is 23.6 Å². The Morgan fingerprint density at radius 3 is 1.94 bits per heavy atom. The number of rotatable bonds is 8. The summed E-state index contributed by atoms with van der Waals surface area (Å²) in [7, 11) is 1.79. The van der Waals surface area contributed by atoms with Crippen LogP contribution < -0.4 is 16.0 Å². The second-order valence-electron chi connectivity index (χ2n) is 7.38. The molecule has 31 heavy (non-hydrogen) atoms. The quantitative estimate of drug-likeness (QED) is 0.383. The first-order valence-electron chi connectivity index (χ1n) is 10.6. The SMILES string of the molecule is CN=C(NCCc1ccc(NC(C)=O)cc1)NCC(c1ccccc1)c1ccccc1. The molecule has 3 rings (SSSR count). The van der Waals surface area contributed by atoms with Crippen molar-refractivity contribution in [3.05, 3.63) is 102 Å². The first-order valence-corrected chi connectivity index (χ1v) is 10.6. The molecule has 0 aromatic heterocycles. The van der Waals surface area contributed by atoms with Crippen molar-refractivity contribution in [1.29, 1.82) is 0 Å². The van der Waals surface area contributed by atoms with Crippen LogP contribution in [-0.2, 0) is 11.2 Å². The van der Waals surface area contributed by atoms with E-state index in [1.807, 2.05) is 36.4 Å². The lowest BCUT2D eigenvalue weighted by atomic mass is 9.91. The topological polar surface area (TPSA) is 65.5 Å². The van der Waals surface area contributed by atoms with Crippen LogP contribution >= 0.6 is 0 Å². The predicted octanol–water partition coefficient (Wildman–Crippen LogP) is 4.18. The van der Waals surface area contributed by atoms with Crippen LogP contribution in [0.5, 0.6) is 0 Å². The van der Waals surface area contributed by atoms with Crippen LogP contribution in [0.3, 0.4) is 0 Å². The molecule has 3 N–H and O–H groups in total. The molecule has 0 bridgehead atoms. The number of guanidine groups is 1. The molecule has 0 saturated carbocycles. The van der Waals surface area contributed by atoms with E-state index in [4.69, 9.17) is 0 Å². The fourth-order valence-corrected chi connectivity index (χ4v) is 3.50. The molecular weight excluding hydrogens is 384 g/mol. The molecule has 0 fully saturated rings. The zero-order valence-electron chi connectivity index (χ0n) is 18.1. The van der Waals surface area contributed by atoms with Gasteiger partial charge in [0.2, 0.25) is 5.91 Å². The average Bonchev–Trinajstić information content (AvgIpc) is 2.80. The lowest BCUT2D eigenvalue weighted by molar-refractivity contribution is -0.114. The Bertz CT molecular complexity index is 930. The van der Waals surface area contributed by atoms with Crippen LogP contribution in [0, 0.1) is 0 Å². The number of carbonyl (C=O) groups is 1. The normalized spacial score (nSPS) is 11.3. The molecule has 0 unspecified atom stereocenters. The first kappa shape index (κ1) is 22.1. The third kappa shape index (κ3) is 7.00. The van der Waals surface area contributed by atoms with Gasteiger partial charge in [-0.3, -0.25) is 9.79 Å². The van der Waals surface area contributed by atoms with Crippen molar-refractivity contribution < 1.29 is 4.79 Å². The van der Waals surface area contributed by atoms with Crippen LogP contribution in [-0.4, -0.2) is 32.0 Å². The van der Waals surface area contributed by atoms with Gasteiger partial charge < -0.3 is 16.0 Å². The molecule has 3 aromatic carbocycles. The summed E-state index contributed by atoms with van der Waals surface area (Å²) in [6.45, 7) is 3.02. The number of hydrogen-bond donors (Lipinski definition) is 3. The van der Waals surface area contributed by atoms with Crippen molar-refractivity contribution in [3.8, 4) is 0 Å². The van der Waals surface area contributed by atoms with E-state index in [9.17, 15) is 4.79 Å². The molecule has 1 amide bonds. The summed E-state index contributed by atoms with van der Waals surface area (Å²) in [5.74, 6) is 0.961. The van der Waals surface area contributed by atoms with Gasteiger partial charge in [-0.2, -0.15) is 0 Å². The number of amides is 1. The molecule has 0 atom stereocenters. The Morgan fingerprint density at radius 2 is 1.42 bits per heavy atom. The minimum atomic E-state index is -0.0615. The summed E-state index contributed by atoms with van der Waals surface area (Å²) in [6.07, 6.45) is 0.863. The lowest BCUT2D eigenvalue weighted by Crippen LogP contribution is -2.40. The van der Waals surface area contributed by atoms with E-state index in [2.05, 4.69) is 69.5 Å². The standard InChI is InChI=1S/C26H30N4O/c1-20(31)30-24-15-13-21(14-16-24)17-18-28-26(27-2)29-19-25(22-9-5-3-6-10-22)23-11-7-4-8-12-23/h3-16,25H,17-19H2,1-2H3,(H,30,31)(H2,27,28,29). The Kier molecular flexibility index (Phi) is 8.23. The number of carbonyl (C=O) groups excluding carboxylic acids is 1. The van der Waals surface area contributed by atoms with E-state index < -0.39 is 0 Å². The Labute approximate surface area is 184 Å². The van der Waals surface area contributed by atoms with Gasteiger partial charge in [-0.1, -0.05) is 72.8 Å². The third-order valence-electron chi connectivity index (χ3n) is 5.08.